The molecule has 0 aliphatic heterocycles. The fourth-order valence-electron chi connectivity index (χ4n) is 7.49. The van der Waals surface area contributed by atoms with Crippen molar-refractivity contribution in [3.63, 3.8) is 0 Å². The normalized spacial score (nSPS) is 19.6. The lowest BCUT2D eigenvalue weighted by Gasteiger charge is -2.40. The standard InChI is InChI=1S/C43H60Si/c1-13-28(5)36-22-37(29(6)14-2)25-41(24-36)44(40-20-18-17-19-21-40,43-34(11)32(9)33(10)35(43)12)42-26-38(30(7)15-3)23-39(27-42)31(8)16-4/h17-31,34H,13-16H2,1-12H3. The molecule has 5 atom stereocenters. The third-order valence-corrected chi connectivity index (χ3v) is 16.9. The fraction of sp³-hybridized carbons (Fsp3) is 0.488. The number of hydrogen-bond donors (Lipinski definition) is 0. The van der Waals surface area contributed by atoms with E-state index in [2.05, 4.69) is 150 Å². The molecule has 236 valence electrons. The summed E-state index contributed by atoms with van der Waals surface area (Å²) < 4.78 is 0. The summed E-state index contributed by atoms with van der Waals surface area (Å²) in [6.45, 7) is 28.8. The smallest absolute Gasteiger partial charge is 0.0648 e. The molecule has 0 N–H and O–H groups in total. The van der Waals surface area contributed by atoms with Crippen LogP contribution in [-0.2, 0) is 0 Å². The van der Waals surface area contributed by atoms with E-state index in [4.69, 9.17) is 0 Å². The lowest BCUT2D eigenvalue weighted by Crippen LogP contribution is -2.70. The molecule has 0 spiro atoms. The Morgan fingerprint density at radius 2 is 0.886 bits per heavy atom. The minimum atomic E-state index is -2.72. The second-order valence-electron chi connectivity index (χ2n) is 14.2. The van der Waals surface area contributed by atoms with Gasteiger partial charge in [0, 0.05) is 0 Å². The minimum Gasteiger partial charge on any atom is -0.0648 e. The van der Waals surface area contributed by atoms with Gasteiger partial charge in [0.15, 0.2) is 8.07 Å². The number of benzene rings is 3. The molecule has 0 fully saturated rings. The predicted octanol–water partition coefficient (Wildman–Crippen LogP) is 11.1. The minimum absolute atomic E-state index is 0.417. The van der Waals surface area contributed by atoms with E-state index in [1.54, 1.807) is 21.1 Å². The molecule has 0 bridgehead atoms. The molecule has 5 unspecified atom stereocenters. The van der Waals surface area contributed by atoms with Crippen molar-refractivity contribution in [1.29, 1.82) is 0 Å². The van der Waals surface area contributed by atoms with Crippen molar-refractivity contribution >= 4 is 23.6 Å². The summed E-state index contributed by atoms with van der Waals surface area (Å²) in [5.41, 5.74) is 10.6. The molecule has 0 amide bonds. The van der Waals surface area contributed by atoms with Crippen LogP contribution in [0.2, 0.25) is 0 Å². The molecule has 0 aromatic heterocycles. The van der Waals surface area contributed by atoms with Gasteiger partial charge in [-0.15, -0.1) is 0 Å². The zero-order chi connectivity index (χ0) is 32.3. The van der Waals surface area contributed by atoms with E-state index in [0.29, 0.717) is 29.6 Å². The van der Waals surface area contributed by atoms with Gasteiger partial charge in [0.05, 0.1) is 0 Å². The maximum Gasteiger partial charge on any atom is 0.176 e. The lowest BCUT2D eigenvalue weighted by molar-refractivity contribution is 0.712. The van der Waals surface area contributed by atoms with Crippen LogP contribution in [0.25, 0.3) is 0 Å². The van der Waals surface area contributed by atoms with Crippen molar-refractivity contribution in [3.05, 3.63) is 111 Å². The molecule has 1 aliphatic carbocycles. The Morgan fingerprint density at radius 3 is 1.18 bits per heavy atom. The van der Waals surface area contributed by atoms with Crippen LogP contribution in [0, 0.1) is 5.92 Å². The highest BCUT2D eigenvalue weighted by molar-refractivity contribution is 7.16. The van der Waals surface area contributed by atoms with Crippen LogP contribution in [-0.4, -0.2) is 8.07 Å². The van der Waals surface area contributed by atoms with Crippen LogP contribution in [0.4, 0.5) is 0 Å². The fourth-order valence-corrected chi connectivity index (χ4v) is 13.3. The number of rotatable bonds is 12. The molecular weight excluding hydrogens is 545 g/mol. The van der Waals surface area contributed by atoms with Crippen LogP contribution in [0.5, 0.6) is 0 Å². The Labute approximate surface area is 272 Å². The van der Waals surface area contributed by atoms with E-state index in [1.165, 1.54) is 38.6 Å². The second-order valence-corrected chi connectivity index (χ2v) is 18.0. The zero-order valence-electron chi connectivity index (χ0n) is 30.1. The topological polar surface area (TPSA) is 0 Å². The van der Waals surface area contributed by atoms with Crippen molar-refractivity contribution in [1.82, 2.24) is 0 Å². The highest BCUT2D eigenvalue weighted by atomic mass is 28.3. The first kappa shape index (κ1) is 34.2. The number of hydrogen-bond acceptors (Lipinski definition) is 0. The van der Waals surface area contributed by atoms with E-state index in [0.717, 1.165) is 25.7 Å². The van der Waals surface area contributed by atoms with Gasteiger partial charge in [0.2, 0.25) is 0 Å². The van der Waals surface area contributed by atoms with Crippen LogP contribution in [0.1, 0.15) is 155 Å². The van der Waals surface area contributed by atoms with Gasteiger partial charge >= 0.3 is 0 Å². The second kappa shape index (κ2) is 14.2. The largest absolute Gasteiger partial charge is 0.176 e. The summed E-state index contributed by atoms with van der Waals surface area (Å²) in [5, 5.41) is 6.39. The Kier molecular flexibility index (Phi) is 11.0. The Bertz CT molecular complexity index is 1380. The van der Waals surface area contributed by atoms with Gasteiger partial charge in [-0.05, 0) is 119 Å². The summed E-state index contributed by atoms with van der Waals surface area (Å²) >= 11 is 0. The SMILES string of the molecule is CCC(C)c1cc(C(C)CC)cc([Si](C2=C(C)C(C)=C(C)C2C)(c2ccccc2)c2cc(C(C)CC)cc(C(C)CC)c2)c1. The lowest BCUT2D eigenvalue weighted by atomic mass is 9.91. The highest BCUT2D eigenvalue weighted by Crippen LogP contribution is 2.42. The average molecular weight is 605 g/mol. The van der Waals surface area contributed by atoms with Gasteiger partial charge in [0.1, 0.15) is 0 Å². The summed E-state index contributed by atoms with van der Waals surface area (Å²) in [6, 6.07) is 27.5. The van der Waals surface area contributed by atoms with E-state index in [1.807, 2.05) is 0 Å². The third kappa shape index (κ3) is 6.11. The molecule has 1 heteroatoms. The molecule has 0 heterocycles. The van der Waals surface area contributed by atoms with E-state index >= 15 is 0 Å². The molecule has 3 aromatic carbocycles. The summed E-state index contributed by atoms with van der Waals surface area (Å²) in [6.07, 6.45) is 4.62. The Hall–Kier alpha value is -2.64. The molecular formula is C43H60Si. The molecule has 1 aliphatic rings. The van der Waals surface area contributed by atoms with E-state index in [-0.39, 0.29) is 0 Å². The average Bonchev–Trinajstić information content (AvgIpc) is 3.25. The molecule has 3 aromatic rings. The Balaban J connectivity index is 2.30. The van der Waals surface area contributed by atoms with Crippen LogP contribution < -0.4 is 15.6 Å². The highest BCUT2D eigenvalue weighted by Gasteiger charge is 2.48. The monoisotopic (exact) mass is 604 g/mol. The predicted molar refractivity (Wildman–Crippen MR) is 199 cm³/mol. The number of allylic oxidation sites excluding steroid dienone is 4. The van der Waals surface area contributed by atoms with Crippen molar-refractivity contribution in [3.8, 4) is 0 Å². The van der Waals surface area contributed by atoms with Gasteiger partial charge in [-0.25, -0.2) is 0 Å². The van der Waals surface area contributed by atoms with Gasteiger partial charge in [-0.3, -0.25) is 0 Å². The van der Waals surface area contributed by atoms with Crippen LogP contribution in [0.3, 0.4) is 0 Å². The molecule has 0 radical (unpaired) electrons. The molecule has 44 heavy (non-hydrogen) atoms. The zero-order valence-corrected chi connectivity index (χ0v) is 31.1. The van der Waals surface area contributed by atoms with Gasteiger partial charge in [-0.1, -0.05) is 145 Å². The first-order chi connectivity index (χ1) is 21.0. The first-order valence-corrected chi connectivity index (χ1v) is 19.7. The third-order valence-electron chi connectivity index (χ3n) is 11.8. The van der Waals surface area contributed by atoms with Crippen molar-refractivity contribution < 1.29 is 0 Å². The quantitative estimate of drug-likeness (QED) is 0.142. The summed E-state index contributed by atoms with van der Waals surface area (Å²) in [4.78, 5) is 0. The van der Waals surface area contributed by atoms with Gasteiger partial charge < -0.3 is 0 Å². The van der Waals surface area contributed by atoms with Crippen LogP contribution >= 0.6 is 0 Å². The van der Waals surface area contributed by atoms with E-state index in [9.17, 15) is 0 Å². The van der Waals surface area contributed by atoms with Crippen LogP contribution in [0.15, 0.2) is 88.6 Å². The maximum absolute atomic E-state index is 2.72. The van der Waals surface area contributed by atoms with Crippen molar-refractivity contribution in [2.24, 2.45) is 5.92 Å². The van der Waals surface area contributed by atoms with Gasteiger partial charge in [-0.2, -0.15) is 0 Å². The van der Waals surface area contributed by atoms with Crippen molar-refractivity contribution in [2.45, 2.75) is 132 Å². The molecule has 0 nitrogen and oxygen atoms in total. The van der Waals surface area contributed by atoms with Gasteiger partial charge in [0.25, 0.3) is 0 Å². The Morgan fingerprint density at radius 1 is 0.523 bits per heavy atom. The molecule has 0 saturated carbocycles. The maximum atomic E-state index is 2.66. The van der Waals surface area contributed by atoms with E-state index < -0.39 is 8.07 Å². The molecule has 0 saturated heterocycles. The summed E-state index contributed by atoms with van der Waals surface area (Å²) in [5.74, 6) is 2.53. The molecule has 4 rings (SSSR count). The van der Waals surface area contributed by atoms with Crippen molar-refractivity contribution in [2.75, 3.05) is 0 Å². The first-order valence-electron chi connectivity index (χ1n) is 17.7. The summed E-state index contributed by atoms with van der Waals surface area (Å²) in [7, 11) is -2.72.